The van der Waals surface area contributed by atoms with Gasteiger partial charge in [-0.1, -0.05) is 170 Å². The lowest BCUT2D eigenvalue weighted by Crippen LogP contribution is -1.97. The molecule has 11 rings (SSSR count). The molecule has 2 heterocycles. The molecular weight excluding hydrogens is 685 g/mol. The first kappa shape index (κ1) is 31.6. The Kier molecular flexibility index (Phi) is 7.39. The van der Waals surface area contributed by atoms with Gasteiger partial charge < -0.3 is 0 Å². The van der Waals surface area contributed by atoms with Crippen molar-refractivity contribution in [3.05, 3.63) is 194 Å². The molecule has 0 fully saturated rings. The fraction of sp³-hybridized carbons (Fsp3) is 0. The molecule has 0 amide bonds. The first-order valence-electron chi connectivity index (χ1n) is 18.7. The SMILES string of the molecule is c1ccc(-c2nc(-c3ccc(-c4c5ccccc5cc5c4ccc4ccccc45)cc3)cc(-c3ccccc3-c3cccc4sc5ccccc5c34)n2)cc1. The lowest BCUT2D eigenvalue weighted by Gasteiger charge is -2.15. The highest BCUT2D eigenvalue weighted by Gasteiger charge is 2.18. The van der Waals surface area contributed by atoms with E-state index in [1.54, 1.807) is 0 Å². The molecule has 2 aromatic heterocycles. The number of aromatic nitrogens is 2. The Bertz CT molecular complexity index is 3250. The number of thiophene rings is 1. The van der Waals surface area contributed by atoms with Gasteiger partial charge in [-0.25, -0.2) is 9.97 Å². The minimum Gasteiger partial charge on any atom is -0.228 e. The molecule has 0 saturated carbocycles. The third-order valence-corrected chi connectivity index (χ3v) is 12.0. The van der Waals surface area contributed by atoms with Gasteiger partial charge in [-0.2, -0.15) is 0 Å². The maximum atomic E-state index is 5.27. The third-order valence-electron chi connectivity index (χ3n) is 10.9. The van der Waals surface area contributed by atoms with Crippen LogP contribution in [0.4, 0.5) is 0 Å². The van der Waals surface area contributed by atoms with E-state index in [4.69, 9.17) is 9.97 Å². The normalized spacial score (nSPS) is 11.6. The molecule has 0 atom stereocenters. The second kappa shape index (κ2) is 12.9. The summed E-state index contributed by atoms with van der Waals surface area (Å²) in [5.41, 5.74) is 9.70. The van der Waals surface area contributed by atoms with E-state index in [0.29, 0.717) is 5.82 Å². The van der Waals surface area contributed by atoms with Crippen LogP contribution in [0.15, 0.2) is 194 Å². The first-order valence-corrected chi connectivity index (χ1v) is 19.5. The lowest BCUT2D eigenvalue weighted by molar-refractivity contribution is 1.18. The van der Waals surface area contributed by atoms with Gasteiger partial charge >= 0.3 is 0 Å². The monoisotopic (exact) mass is 716 g/mol. The van der Waals surface area contributed by atoms with Gasteiger partial charge in [-0.3, -0.25) is 0 Å². The number of fused-ring (bicyclic) bond motifs is 7. The van der Waals surface area contributed by atoms with Gasteiger partial charge in [-0.15, -0.1) is 11.3 Å². The lowest BCUT2D eigenvalue weighted by atomic mass is 9.89. The van der Waals surface area contributed by atoms with Gasteiger partial charge in [0.2, 0.25) is 0 Å². The van der Waals surface area contributed by atoms with Crippen LogP contribution < -0.4 is 0 Å². The summed E-state index contributed by atoms with van der Waals surface area (Å²) in [6.45, 7) is 0. The van der Waals surface area contributed by atoms with Crippen molar-refractivity contribution in [1.82, 2.24) is 9.97 Å². The standard InChI is InChI=1S/C52H32N2S/c1-2-14-36(15-3-1)52-53-46(32-47(54-52)41-20-9-8-19-40(41)42-22-12-24-49-51(42)44-21-10-11-23-48(44)55-49)34-25-27-35(28-26-34)50-39-18-7-5-16-37(39)31-45-38-17-6-4-13-33(38)29-30-43(45)50/h1-32H. The van der Waals surface area contributed by atoms with Gasteiger partial charge in [-0.05, 0) is 78.8 Å². The van der Waals surface area contributed by atoms with Crippen LogP contribution in [-0.2, 0) is 0 Å². The molecule has 2 nitrogen and oxygen atoms in total. The van der Waals surface area contributed by atoms with E-state index in [2.05, 4.69) is 176 Å². The fourth-order valence-corrected chi connectivity index (χ4v) is 9.46. The minimum atomic E-state index is 0.707. The second-order valence-electron chi connectivity index (χ2n) is 14.1. The van der Waals surface area contributed by atoms with Crippen molar-refractivity contribution in [2.24, 2.45) is 0 Å². The van der Waals surface area contributed by atoms with Crippen LogP contribution in [0.2, 0.25) is 0 Å². The van der Waals surface area contributed by atoms with Crippen LogP contribution in [0.1, 0.15) is 0 Å². The van der Waals surface area contributed by atoms with Gasteiger partial charge in [0.1, 0.15) is 0 Å². The molecule has 0 unspecified atom stereocenters. The number of hydrogen-bond donors (Lipinski definition) is 0. The van der Waals surface area contributed by atoms with Gasteiger partial charge in [0.05, 0.1) is 11.4 Å². The molecule has 9 aromatic carbocycles. The van der Waals surface area contributed by atoms with Gasteiger partial charge in [0.25, 0.3) is 0 Å². The summed E-state index contributed by atoms with van der Waals surface area (Å²) in [7, 11) is 0. The first-order chi connectivity index (χ1) is 27.3. The van der Waals surface area contributed by atoms with Crippen LogP contribution in [0.3, 0.4) is 0 Å². The Morgan fingerprint density at radius 1 is 0.327 bits per heavy atom. The highest BCUT2D eigenvalue weighted by molar-refractivity contribution is 7.25. The fourth-order valence-electron chi connectivity index (χ4n) is 8.33. The molecular formula is C52H32N2S. The van der Waals surface area contributed by atoms with Gasteiger partial charge in [0.15, 0.2) is 5.82 Å². The van der Waals surface area contributed by atoms with Crippen LogP contribution in [0, 0.1) is 0 Å². The third kappa shape index (κ3) is 5.32. The molecule has 256 valence electrons. The molecule has 0 radical (unpaired) electrons. The largest absolute Gasteiger partial charge is 0.228 e. The molecule has 0 aliphatic carbocycles. The Morgan fingerprint density at radius 3 is 1.82 bits per heavy atom. The zero-order valence-electron chi connectivity index (χ0n) is 29.8. The molecule has 0 N–H and O–H groups in total. The van der Waals surface area contributed by atoms with E-state index in [0.717, 1.165) is 33.6 Å². The molecule has 0 bridgehead atoms. The van der Waals surface area contributed by atoms with Crippen molar-refractivity contribution in [3.63, 3.8) is 0 Å². The Balaban J connectivity index is 1.09. The minimum absolute atomic E-state index is 0.707. The topological polar surface area (TPSA) is 25.8 Å². The predicted molar refractivity (Wildman–Crippen MR) is 235 cm³/mol. The second-order valence-corrected chi connectivity index (χ2v) is 15.2. The van der Waals surface area contributed by atoms with Crippen LogP contribution in [0.25, 0.3) is 109 Å². The summed E-state index contributed by atoms with van der Waals surface area (Å²) < 4.78 is 2.58. The highest BCUT2D eigenvalue weighted by atomic mass is 32.1. The van der Waals surface area contributed by atoms with Crippen molar-refractivity contribution in [2.75, 3.05) is 0 Å². The van der Waals surface area contributed by atoms with Crippen LogP contribution >= 0.6 is 11.3 Å². The summed E-state index contributed by atoms with van der Waals surface area (Å²) in [4.78, 5) is 10.5. The number of benzene rings is 9. The summed E-state index contributed by atoms with van der Waals surface area (Å²) in [5, 5.41) is 10.1. The zero-order valence-corrected chi connectivity index (χ0v) is 30.6. The molecule has 11 aromatic rings. The zero-order chi connectivity index (χ0) is 36.3. The van der Waals surface area contributed by atoms with E-state index >= 15 is 0 Å². The molecule has 0 saturated heterocycles. The van der Waals surface area contributed by atoms with Crippen molar-refractivity contribution in [1.29, 1.82) is 0 Å². The maximum absolute atomic E-state index is 5.27. The highest BCUT2D eigenvalue weighted by Crippen LogP contribution is 2.44. The molecule has 0 spiro atoms. The van der Waals surface area contributed by atoms with E-state index in [-0.39, 0.29) is 0 Å². The Labute approximate surface area is 322 Å². The van der Waals surface area contributed by atoms with Crippen molar-refractivity contribution in [3.8, 4) is 56.2 Å². The van der Waals surface area contributed by atoms with Crippen molar-refractivity contribution < 1.29 is 0 Å². The molecule has 3 heteroatoms. The van der Waals surface area contributed by atoms with Crippen molar-refractivity contribution in [2.45, 2.75) is 0 Å². The van der Waals surface area contributed by atoms with Crippen LogP contribution in [0.5, 0.6) is 0 Å². The molecule has 0 aliphatic heterocycles. The Morgan fingerprint density at radius 2 is 0.964 bits per heavy atom. The average Bonchev–Trinajstić information content (AvgIpc) is 3.65. The maximum Gasteiger partial charge on any atom is 0.160 e. The summed E-state index contributed by atoms with van der Waals surface area (Å²) in [6, 6.07) is 69.7. The number of hydrogen-bond acceptors (Lipinski definition) is 3. The Hall–Kier alpha value is -6.94. The summed E-state index contributed by atoms with van der Waals surface area (Å²) >= 11 is 1.85. The van der Waals surface area contributed by atoms with E-state index < -0.39 is 0 Å². The predicted octanol–water partition coefficient (Wildman–Crippen LogP) is 14.6. The van der Waals surface area contributed by atoms with E-state index in [1.165, 1.54) is 69.2 Å². The van der Waals surface area contributed by atoms with Gasteiger partial charge in [0, 0.05) is 36.9 Å². The smallest absolute Gasteiger partial charge is 0.160 e. The van der Waals surface area contributed by atoms with E-state index in [1.807, 2.05) is 29.5 Å². The van der Waals surface area contributed by atoms with Crippen LogP contribution in [-0.4, -0.2) is 9.97 Å². The number of nitrogens with zero attached hydrogens (tertiary/aromatic N) is 2. The average molecular weight is 717 g/mol. The summed E-state index contributed by atoms with van der Waals surface area (Å²) in [6.07, 6.45) is 0. The molecule has 55 heavy (non-hydrogen) atoms. The quantitative estimate of drug-likeness (QED) is 0.131. The van der Waals surface area contributed by atoms with E-state index in [9.17, 15) is 0 Å². The molecule has 0 aliphatic rings. The summed E-state index contributed by atoms with van der Waals surface area (Å²) in [5.74, 6) is 0.707. The van der Waals surface area contributed by atoms with Crippen molar-refractivity contribution >= 4 is 63.8 Å². The number of rotatable bonds is 5.